The fourth-order valence-corrected chi connectivity index (χ4v) is 1.98. The van der Waals surface area contributed by atoms with Crippen molar-refractivity contribution in [3.8, 4) is 0 Å². The fraction of sp³-hybridized carbons (Fsp3) is 0.455. The highest BCUT2D eigenvalue weighted by Crippen LogP contribution is 2.10. The van der Waals surface area contributed by atoms with Crippen molar-refractivity contribution in [3.05, 3.63) is 35.8 Å². The van der Waals surface area contributed by atoms with E-state index in [2.05, 4.69) is 13.2 Å². The van der Waals surface area contributed by atoms with E-state index in [1.165, 1.54) is 6.08 Å². The molecule has 0 spiro atoms. The lowest BCUT2D eigenvalue weighted by Crippen LogP contribution is -2.12. The van der Waals surface area contributed by atoms with Crippen LogP contribution in [0, 0.1) is 0 Å². The van der Waals surface area contributed by atoms with Gasteiger partial charge in [0.2, 0.25) is 0 Å². The molecule has 0 rings (SSSR count). The lowest BCUT2D eigenvalue weighted by molar-refractivity contribution is 0.191. The summed E-state index contributed by atoms with van der Waals surface area (Å²) in [6.45, 7) is 10.4. The number of allylic oxidation sites excluding steroid dienone is 3. The van der Waals surface area contributed by atoms with Crippen LogP contribution in [0.4, 0.5) is 0 Å². The Morgan fingerprint density at radius 2 is 1.93 bits per heavy atom. The Balaban J connectivity index is 4.47. The monoisotopic (exact) mass is 230 g/mol. The van der Waals surface area contributed by atoms with Crippen molar-refractivity contribution in [1.82, 2.24) is 0 Å². The Bertz CT molecular complexity index is 361. The second-order valence-corrected chi connectivity index (χ2v) is 5.76. The Kier molecular flexibility index (Phi) is 5.54. The van der Waals surface area contributed by atoms with Gasteiger partial charge in [0, 0.05) is 0 Å². The molecule has 0 aliphatic heterocycles. The number of aliphatic hydroxyl groups is 1. The van der Waals surface area contributed by atoms with Crippen molar-refractivity contribution in [1.29, 1.82) is 0 Å². The van der Waals surface area contributed by atoms with E-state index in [-0.39, 0.29) is 17.1 Å². The molecule has 0 bridgehead atoms. The van der Waals surface area contributed by atoms with Crippen LogP contribution in [0.5, 0.6) is 0 Å². The van der Waals surface area contributed by atoms with Crippen LogP contribution in [0.25, 0.3) is 0 Å². The van der Waals surface area contributed by atoms with Crippen molar-refractivity contribution in [3.63, 3.8) is 0 Å². The van der Waals surface area contributed by atoms with Crippen LogP contribution < -0.4 is 0 Å². The summed E-state index contributed by atoms with van der Waals surface area (Å²) < 4.78 is 23.1. The summed E-state index contributed by atoms with van der Waals surface area (Å²) in [5, 5.41) is 8.99. The van der Waals surface area contributed by atoms with Crippen molar-refractivity contribution in [2.45, 2.75) is 26.4 Å². The maximum atomic E-state index is 11.6. The van der Waals surface area contributed by atoms with Gasteiger partial charge in [-0.05, 0) is 26.3 Å². The molecule has 0 fully saturated rings. The van der Waals surface area contributed by atoms with Crippen LogP contribution in [-0.4, -0.2) is 25.4 Å². The number of sulfone groups is 1. The fourth-order valence-electron chi connectivity index (χ4n) is 0.796. The average Bonchev–Trinajstić information content (AvgIpc) is 2.11. The van der Waals surface area contributed by atoms with Gasteiger partial charge in [-0.15, -0.1) is 0 Å². The first-order valence-electron chi connectivity index (χ1n) is 4.69. The number of hydrogen-bond donors (Lipinski definition) is 1. The molecule has 0 saturated heterocycles. The normalized spacial score (nSPS) is 14.1. The summed E-state index contributed by atoms with van der Waals surface area (Å²) in [7, 11) is -3.33. The highest BCUT2D eigenvalue weighted by Gasteiger charge is 2.14. The molecule has 0 aliphatic rings. The third kappa shape index (κ3) is 6.25. The van der Waals surface area contributed by atoms with Gasteiger partial charge in [0.1, 0.15) is 0 Å². The number of aliphatic hydroxyl groups excluding tert-OH is 1. The molecule has 0 heterocycles. The third-order valence-corrected chi connectivity index (χ3v) is 3.47. The molecule has 3 nitrogen and oxygen atoms in total. The molecule has 0 aromatic rings. The summed E-state index contributed by atoms with van der Waals surface area (Å²) in [5.41, 5.74) is 0.766. The maximum Gasteiger partial charge on any atom is 0.177 e. The Morgan fingerprint density at radius 1 is 1.40 bits per heavy atom. The van der Waals surface area contributed by atoms with Crippen molar-refractivity contribution in [2.24, 2.45) is 0 Å². The zero-order valence-electron chi connectivity index (χ0n) is 9.23. The van der Waals surface area contributed by atoms with E-state index in [0.29, 0.717) is 0 Å². The highest BCUT2D eigenvalue weighted by atomic mass is 32.2. The average molecular weight is 230 g/mol. The lowest BCUT2D eigenvalue weighted by Gasteiger charge is -2.05. The van der Waals surface area contributed by atoms with Gasteiger partial charge < -0.3 is 5.11 Å². The van der Waals surface area contributed by atoms with Gasteiger partial charge >= 0.3 is 0 Å². The van der Waals surface area contributed by atoms with Gasteiger partial charge in [0.15, 0.2) is 9.84 Å². The molecule has 1 N–H and O–H groups in total. The van der Waals surface area contributed by atoms with E-state index >= 15 is 0 Å². The van der Waals surface area contributed by atoms with Crippen LogP contribution in [0.15, 0.2) is 35.8 Å². The predicted molar refractivity (Wildman–Crippen MR) is 63.2 cm³/mol. The SMILES string of the molecule is C=C(C)/C=C\C(=C)S(=O)(=O)CCC(C)O. The molecular formula is C11H18O3S. The summed E-state index contributed by atoms with van der Waals surface area (Å²) in [5.74, 6) is -0.0793. The Hall–Kier alpha value is -0.870. The second-order valence-electron chi connectivity index (χ2n) is 3.60. The van der Waals surface area contributed by atoms with Crippen LogP contribution >= 0.6 is 0 Å². The van der Waals surface area contributed by atoms with Crippen LogP contribution in [0.2, 0.25) is 0 Å². The van der Waals surface area contributed by atoms with Gasteiger partial charge in [-0.25, -0.2) is 8.42 Å². The highest BCUT2D eigenvalue weighted by molar-refractivity contribution is 7.95. The summed E-state index contributed by atoms with van der Waals surface area (Å²) >= 11 is 0. The van der Waals surface area contributed by atoms with E-state index in [1.807, 2.05) is 0 Å². The predicted octanol–water partition coefficient (Wildman–Crippen LogP) is 1.82. The standard InChI is InChI=1S/C11H18O3S/c1-9(2)5-6-11(4)15(13,14)8-7-10(3)12/h5-6,10,12H,1,4,7-8H2,2-3H3/b6-5-. The molecule has 0 aromatic heterocycles. The molecule has 1 atom stereocenters. The smallest absolute Gasteiger partial charge is 0.177 e. The minimum Gasteiger partial charge on any atom is -0.393 e. The van der Waals surface area contributed by atoms with E-state index < -0.39 is 15.9 Å². The van der Waals surface area contributed by atoms with Crippen molar-refractivity contribution in [2.75, 3.05) is 5.75 Å². The largest absolute Gasteiger partial charge is 0.393 e. The Labute approximate surface area is 91.7 Å². The van der Waals surface area contributed by atoms with Gasteiger partial charge in [-0.3, -0.25) is 0 Å². The van der Waals surface area contributed by atoms with Crippen molar-refractivity contribution < 1.29 is 13.5 Å². The molecular weight excluding hydrogens is 212 g/mol. The van der Waals surface area contributed by atoms with E-state index in [1.54, 1.807) is 19.9 Å². The van der Waals surface area contributed by atoms with E-state index in [4.69, 9.17) is 5.11 Å². The zero-order valence-corrected chi connectivity index (χ0v) is 10.0. The first-order chi connectivity index (χ1) is 6.75. The molecule has 0 saturated carbocycles. The molecule has 0 aliphatic carbocycles. The van der Waals surface area contributed by atoms with Gasteiger partial charge in [0.25, 0.3) is 0 Å². The van der Waals surface area contributed by atoms with Gasteiger partial charge in [-0.1, -0.05) is 24.8 Å². The van der Waals surface area contributed by atoms with Crippen molar-refractivity contribution >= 4 is 9.84 Å². The van der Waals surface area contributed by atoms with Crippen LogP contribution in [-0.2, 0) is 9.84 Å². The quantitative estimate of drug-likeness (QED) is 0.708. The van der Waals surface area contributed by atoms with E-state index in [0.717, 1.165) is 5.57 Å². The molecule has 1 unspecified atom stereocenters. The molecule has 0 radical (unpaired) electrons. The topological polar surface area (TPSA) is 54.4 Å². The van der Waals surface area contributed by atoms with Gasteiger partial charge in [0.05, 0.1) is 16.8 Å². The zero-order chi connectivity index (χ0) is 12.1. The van der Waals surface area contributed by atoms with Crippen LogP contribution in [0.1, 0.15) is 20.3 Å². The number of rotatable bonds is 6. The third-order valence-electron chi connectivity index (χ3n) is 1.76. The van der Waals surface area contributed by atoms with Gasteiger partial charge in [-0.2, -0.15) is 0 Å². The molecule has 86 valence electrons. The minimum absolute atomic E-state index is 0.0613. The summed E-state index contributed by atoms with van der Waals surface area (Å²) in [6, 6.07) is 0. The molecule has 0 amide bonds. The molecule has 0 aromatic carbocycles. The molecule has 4 heteroatoms. The second kappa shape index (κ2) is 5.88. The lowest BCUT2D eigenvalue weighted by atomic mass is 10.3. The Morgan fingerprint density at radius 3 is 2.33 bits per heavy atom. The summed E-state index contributed by atoms with van der Waals surface area (Å²) in [4.78, 5) is 0.0613. The first-order valence-corrected chi connectivity index (χ1v) is 6.34. The van der Waals surface area contributed by atoms with E-state index in [9.17, 15) is 8.42 Å². The van der Waals surface area contributed by atoms with Crippen LogP contribution in [0.3, 0.4) is 0 Å². The minimum atomic E-state index is -3.33. The summed E-state index contributed by atoms with van der Waals surface area (Å²) in [6.07, 6.45) is 2.64. The first kappa shape index (κ1) is 14.1. The maximum absolute atomic E-state index is 11.6. The molecule has 15 heavy (non-hydrogen) atoms. The number of hydrogen-bond acceptors (Lipinski definition) is 3.